The Morgan fingerprint density at radius 1 is 0.839 bits per heavy atom. The molecule has 0 aliphatic heterocycles. The number of methoxy groups -OCH3 is 1. The van der Waals surface area contributed by atoms with Gasteiger partial charge >= 0.3 is 30.1 Å². The maximum atomic E-state index is 12.0. The van der Waals surface area contributed by atoms with Gasteiger partial charge in [0, 0.05) is 5.56 Å². The second-order valence-electron chi connectivity index (χ2n) is 5.82. The molecule has 31 heavy (non-hydrogen) atoms. The zero-order valence-electron chi connectivity index (χ0n) is 16.2. The number of halogens is 6. The van der Waals surface area contributed by atoms with Gasteiger partial charge in [0.25, 0.3) is 0 Å². The van der Waals surface area contributed by atoms with E-state index in [0.29, 0.717) is 5.75 Å². The number of ketones is 1. The van der Waals surface area contributed by atoms with Crippen LogP contribution < -0.4 is 15.4 Å². The van der Waals surface area contributed by atoms with Crippen LogP contribution in [0.3, 0.4) is 0 Å². The van der Waals surface area contributed by atoms with Crippen LogP contribution in [0.4, 0.5) is 26.3 Å². The van der Waals surface area contributed by atoms with Crippen LogP contribution in [-0.4, -0.2) is 60.2 Å². The van der Waals surface area contributed by atoms with E-state index < -0.39 is 48.0 Å². The highest BCUT2D eigenvalue weighted by Crippen LogP contribution is 2.16. The Morgan fingerprint density at radius 2 is 1.23 bits per heavy atom. The minimum atomic E-state index is -5.04. The zero-order chi connectivity index (χ0) is 24.6. The molecule has 0 spiro atoms. The Morgan fingerprint density at radius 3 is 1.55 bits per heavy atom. The summed E-state index contributed by atoms with van der Waals surface area (Å²) >= 11 is 0. The van der Waals surface area contributed by atoms with Gasteiger partial charge in [0.15, 0.2) is 5.78 Å². The number of benzene rings is 1. The molecule has 0 fully saturated rings. The number of carboxylic acids is 1. The van der Waals surface area contributed by atoms with Crippen LogP contribution >= 0.6 is 0 Å². The summed E-state index contributed by atoms with van der Waals surface area (Å²) in [7, 11) is 1.45. The van der Waals surface area contributed by atoms with E-state index in [-0.39, 0.29) is 5.56 Å². The van der Waals surface area contributed by atoms with Gasteiger partial charge in [-0.15, -0.1) is 0 Å². The summed E-state index contributed by atoms with van der Waals surface area (Å²) in [6, 6.07) is 3.04. The predicted molar refractivity (Wildman–Crippen MR) is 92.3 cm³/mol. The summed E-state index contributed by atoms with van der Waals surface area (Å²) in [4.78, 5) is 42.5. The third kappa shape index (κ3) is 9.82. The highest BCUT2D eigenvalue weighted by molar-refractivity contribution is 6.02. The molecule has 174 valence electrons. The average Bonchev–Trinajstić information content (AvgIpc) is 2.66. The zero-order valence-corrected chi connectivity index (χ0v) is 16.2. The Bertz CT molecular complexity index is 792. The van der Waals surface area contributed by atoms with Crippen LogP contribution in [0.5, 0.6) is 5.75 Å². The molecule has 2 amide bonds. The van der Waals surface area contributed by atoms with Crippen molar-refractivity contribution >= 4 is 23.6 Å². The number of hydrogen-bond donors (Lipinski definition) is 3. The number of hydrogen-bond acceptors (Lipinski definition) is 5. The van der Waals surface area contributed by atoms with Gasteiger partial charge in [-0.2, -0.15) is 26.3 Å². The topological polar surface area (TPSA) is 122 Å². The first-order valence-electron chi connectivity index (χ1n) is 8.17. The van der Waals surface area contributed by atoms with Crippen molar-refractivity contribution in [2.24, 2.45) is 0 Å². The number of amides is 2. The van der Waals surface area contributed by atoms with Crippen LogP contribution in [0.2, 0.25) is 0 Å². The van der Waals surface area contributed by atoms with Crippen LogP contribution in [0.15, 0.2) is 24.3 Å². The predicted octanol–water partition coefficient (Wildman–Crippen LogP) is 2.08. The van der Waals surface area contributed by atoms with Crippen LogP contribution in [0.1, 0.15) is 24.2 Å². The van der Waals surface area contributed by atoms with Crippen LogP contribution in [0.25, 0.3) is 0 Å². The lowest BCUT2D eigenvalue weighted by atomic mass is 10.1. The normalized spacial score (nSPS) is 13.1. The summed E-state index contributed by atoms with van der Waals surface area (Å²) in [6.07, 6.45) is -10.0. The molecule has 1 rings (SSSR count). The van der Waals surface area contributed by atoms with Gasteiger partial charge in [-0.05, 0) is 38.1 Å². The Balaban J connectivity index is 0.000000649. The highest BCUT2D eigenvalue weighted by Gasteiger charge is 2.40. The summed E-state index contributed by atoms with van der Waals surface area (Å²) in [6.45, 7) is 2.13. The number of rotatable bonds is 6. The summed E-state index contributed by atoms with van der Waals surface area (Å²) in [5, 5.41) is 11.0. The summed E-state index contributed by atoms with van der Waals surface area (Å²) < 4.78 is 75.4. The molecule has 0 saturated heterocycles. The molecule has 0 aliphatic carbocycles. The van der Waals surface area contributed by atoms with Crippen molar-refractivity contribution in [3.05, 3.63) is 29.8 Å². The number of aliphatic carboxylic acids is 1. The van der Waals surface area contributed by atoms with Gasteiger partial charge in [0.05, 0.1) is 13.2 Å². The van der Waals surface area contributed by atoms with E-state index in [2.05, 4.69) is 0 Å². The molecule has 1 aromatic carbocycles. The number of ether oxygens (including phenoxy) is 1. The second-order valence-corrected chi connectivity index (χ2v) is 5.82. The quantitative estimate of drug-likeness (QED) is 0.442. The molecule has 0 bridgehead atoms. The SMILES string of the molecule is COc1ccc(C(=O)[C@@H](C)NC(=O)C(F)(F)F)cc1.C[C@@H](NC(=O)C(F)(F)F)C(=O)O. The lowest BCUT2D eigenvalue weighted by Gasteiger charge is -2.14. The van der Waals surface area contributed by atoms with E-state index in [1.807, 2.05) is 0 Å². The molecule has 0 heterocycles. The Kier molecular flexibility index (Phi) is 9.98. The first-order valence-corrected chi connectivity index (χ1v) is 8.17. The number of nitrogens with one attached hydrogen (secondary N) is 2. The van der Waals surface area contributed by atoms with E-state index in [1.54, 1.807) is 5.32 Å². The molecule has 14 heteroatoms. The fourth-order valence-electron chi connectivity index (χ4n) is 1.69. The third-order valence-electron chi connectivity index (χ3n) is 3.35. The van der Waals surface area contributed by atoms with Crippen molar-refractivity contribution in [1.82, 2.24) is 10.6 Å². The van der Waals surface area contributed by atoms with Gasteiger partial charge in [0.1, 0.15) is 11.8 Å². The fraction of sp³-hybridized carbons (Fsp3) is 0.412. The fourth-order valence-corrected chi connectivity index (χ4v) is 1.69. The van der Waals surface area contributed by atoms with E-state index in [1.165, 1.54) is 43.6 Å². The minimum Gasteiger partial charge on any atom is -0.497 e. The number of carbonyl (C=O) groups excluding carboxylic acids is 3. The average molecular weight is 460 g/mol. The van der Waals surface area contributed by atoms with Crippen molar-refractivity contribution in [3.63, 3.8) is 0 Å². The molecule has 2 atom stereocenters. The Labute approximate surface area is 171 Å². The van der Waals surface area contributed by atoms with Gasteiger partial charge in [-0.1, -0.05) is 0 Å². The minimum absolute atomic E-state index is 0.191. The molecule has 0 radical (unpaired) electrons. The van der Waals surface area contributed by atoms with Gasteiger partial charge in [-0.3, -0.25) is 19.2 Å². The second kappa shape index (κ2) is 11.2. The molecule has 0 saturated carbocycles. The number of Topliss-reactive ketones (excluding diaryl/α,β-unsaturated/α-hetero) is 1. The van der Waals surface area contributed by atoms with E-state index in [4.69, 9.17) is 9.84 Å². The molecule has 0 aromatic heterocycles. The molecule has 3 N–H and O–H groups in total. The van der Waals surface area contributed by atoms with Gasteiger partial charge in [0.2, 0.25) is 0 Å². The van der Waals surface area contributed by atoms with Crippen LogP contribution in [0, 0.1) is 0 Å². The highest BCUT2D eigenvalue weighted by atomic mass is 19.4. The van der Waals surface area contributed by atoms with Gasteiger partial charge < -0.3 is 20.5 Å². The number of carbonyl (C=O) groups is 4. The standard InChI is InChI=1S/C12H12F3NO3.C5H6F3NO3/c1-7(16-11(18)12(13,14)15)10(17)8-3-5-9(19-2)6-4-8;1-2(3(10)11)9-4(12)5(6,7)8/h3-7H,1-2H3,(H,16,18);2H,1H3,(H,9,12)(H,10,11)/t7-;2-/m11/s1. The lowest BCUT2D eigenvalue weighted by molar-refractivity contribution is -0.175. The van der Waals surface area contributed by atoms with Crippen molar-refractivity contribution in [3.8, 4) is 5.75 Å². The smallest absolute Gasteiger partial charge is 0.471 e. The maximum absolute atomic E-state index is 12.0. The van der Waals surface area contributed by atoms with E-state index >= 15 is 0 Å². The molecule has 8 nitrogen and oxygen atoms in total. The molecular weight excluding hydrogens is 442 g/mol. The molecule has 0 aliphatic rings. The Hall–Kier alpha value is -3.32. The van der Waals surface area contributed by atoms with Crippen molar-refractivity contribution in [2.75, 3.05) is 7.11 Å². The van der Waals surface area contributed by atoms with Crippen molar-refractivity contribution in [2.45, 2.75) is 38.3 Å². The van der Waals surface area contributed by atoms with E-state index in [0.717, 1.165) is 6.92 Å². The number of carboxylic acid groups (broad SMARTS) is 1. The molecule has 0 unspecified atom stereocenters. The summed E-state index contributed by atoms with van der Waals surface area (Å²) in [5.41, 5.74) is 0.191. The largest absolute Gasteiger partial charge is 0.497 e. The maximum Gasteiger partial charge on any atom is 0.471 e. The third-order valence-corrected chi connectivity index (χ3v) is 3.35. The molecule has 1 aromatic rings. The molecular formula is C17H18F6N2O6. The summed E-state index contributed by atoms with van der Waals surface area (Å²) in [5.74, 6) is -6.00. The number of alkyl halides is 6. The lowest BCUT2D eigenvalue weighted by Crippen LogP contribution is -2.45. The van der Waals surface area contributed by atoms with E-state index in [9.17, 15) is 45.5 Å². The monoisotopic (exact) mass is 460 g/mol. The van der Waals surface area contributed by atoms with Crippen molar-refractivity contribution in [1.29, 1.82) is 0 Å². The van der Waals surface area contributed by atoms with Crippen molar-refractivity contribution < 1.29 is 55.4 Å². The first-order chi connectivity index (χ1) is 14.0. The van der Waals surface area contributed by atoms with Crippen LogP contribution in [-0.2, 0) is 14.4 Å². The van der Waals surface area contributed by atoms with Gasteiger partial charge in [-0.25, -0.2) is 0 Å². The first kappa shape index (κ1) is 27.7.